The maximum Gasteiger partial charge on any atom is 0.249 e. The molecule has 2 aromatic rings. The number of nitrogens with one attached hydrogen (secondary N) is 2. The van der Waals surface area contributed by atoms with Crippen LogP contribution in [0.25, 0.3) is 6.08 Å². The number of hydrazone groups is 1. The van der Waals surface area contributed by atoms with Crippen molar-refractivity contribution in [2.24, 2.45) is 5.10 Å². The molecule has 0 heterocycles. The highest BCUT2D eigenvalue weighted by atomic mass is 79.9. The Labute approximate surface area is 148 Å². The first-order chi connectivity index (χ1) is 11.6. The smallest absolute Gasteiger partial charge is 0.249 e. The van der Waals surface area contributed by atoms with E-state index < -0.39 is 11.8 Å². The number of hydrogen-bond donors (Lipinski definition) is 2. The van der Waals surface area contributed by atoms with Crippen molar-refractivity contribution in [3.63, 3.8) is 0 Å². The summed E-state index contributed by atoms with van der Waals surface area (Å²) >= 11 is 3.32. The predicted molar refractivity (Wildman–Crippen MR) is 99.5 cm³/mol. The van der Waals surface area contributed by atoms with E-state index in [1.165, 1.54) is 6.21 Å². The third kappa shape index (κ3) is 6.18. The molecule has 0 atom stereocenters. The van der Waals surface area contributed by atoms with Crippen LogP contribution in [0, 0.1) is 0 Å². The molecule has 0 saturated carbocycles. The van der Waals surface area contributed by atoms with Crippen LogP contribution in [0.15, 0.2) is 70.2 Å². The van der Waals surface area contributed by atoms with Crippen molar-refractivity contribution in [2.45, 2.75) is 6.42 Å². The van der Waals surface area contributed by atoms with Gasteiger partial charge in [-0.15, -0.1) is 0 Å². The van der Waals surface area contributed by atoms with Gasteiger partial charge in [0.25, 0.3) is 0 Å². The molecule has 0 saturated heterocycles. The molecule has 5 nitrogen and oxygen atoms in total. The normalized spacial score (nSPS) is 10.9. The number of carbonyl (C=O) groups is 2. The topological polar surface area (TPSA) is 70.6 Å². The fourth-order valence-electron chi connectivity index (χ4n) is 1.81. The van der Waals surface area contributed by atoms with Gasteiger partial charge in [-0.05, 0) is 39.7 Å². The minimum absolute atomic E-state index is 0.304. The van der Waals surface area contributed by atoms with Gasteiger partial charge >= 0.3 is 0 Å². The van der Waals surface area contributed by atoms with Gasteiger partial charge in [0.05, 0.1) is 5.69 Å². The maximum absolute atomic E-state index is 11.8. The Balaban J connectivity index is 1.75. The van der Waals surface area contributed by atoms with E-state index in [0.717, 1.165) is 10.0 Å². The molecule has 24 heavy (non-hydrogen) atoms. The first-order valence-electron chi connectivity index (χ1n) is 7.23. The molecule has 0 spiro atoms. The Morgan fingerprint density at radius 1 is 1.00 bits per heavy atom. The fraction of sp³-hybridized carbons (Fsp3) is 0.0556. The van der Waals surface area contributed by atoms with Crippen LogP contribution in [0.1, 0.15) is 12.0 Å². The lowest BCUT2D eigenvalue weighted by Crippen LogP contribution is -2.24. The summed E-state index contributed by atoms with van der Waals surface area (Å²) in [7, 11) is 0. The molecule has 6 heteroatoms. The summed E-state index contributed by atoms with van der Waals surface area (Å²) in [6.07, 6.45) is 4.71. The quantitative estimate of drug-likeness (QED) is 0.453. The second kappa shape index (κ2) is 9.42. The molecule has 0 aromatic heterocycles. The SMILES string of the molecule is O=C(CC(=O)Nc1ccccc1Br)NN=CC=Cc1ccccc1. The highest BCUT2D eigenvalue weighted by Crippen LogP contribution is 2.21. The molecule has 0 unspecified atom stereocenters. The van der Waals surface area contributed by atoms with E-state index in [1.54, 1.807) is 24.3 Å². The van der Waals surface area contributed by atoms with Crippen LogP contribution in [0.3, 0.4) is 0 Å². The zero-order valence-corrected chi connectivity index (χ0v) is 14.4. The van der Waals surface area contributed by atoms with Gasteiger partial charge in [-0.1, -0.05) is 48.5 Å². The number of allylic oxidation sites excluding steroid dienone is 1. The van der Waals surface area contributed by atoms with Crippen molar-refractivity contribution in [3.8, 4) is 0 Å². The zero-order valence-electron chi connectivity index (χ0n) is 12.8. The van der Waals surface area contributed by atoms with Crippen molar-refractivity contribution >= 4 is 45.7 Å². The predicted octanol–water partition coefficient (Wildman–Crippen LogP) is 3.59. The molecule has 2 amide bonds. The van der Waals surface area contributed by atoms with E-state index in [9.17, 15) is 9.59 Å². The fourth-order valence-corrected chi connectivity index (χ4v) is 2.20. The molecule has 2 aromatic carbocycles. The molecule has 0 radical (unpaired) electrons. The minimum atomic E-state index is -0.482. The Morgan fingerprint density at radius 3 is 2.46 bits per heavy atom. The Bertz CT molecular complexity index is 758. The number of benzene rings is 2. The van der Waals surface area contributed by atoms with E-state index in [4.69, 9.17) is 0 Å². The number of hydrogen-bond acceptors (Lipinski definition) is 3. The van der Waals surface area contributed by atoms with Crippen LogP contribution in [-0.2, 0) is 9.59 Å². The molecule has 2 rings (SSSR count). The van der Waals surface area contributed by atoms with Crippen molar-refractivity contribution in [1.82, 2.24) is 5.43 Å². The van der Waals surface area contributed by atoms with Crippen molar-refractivity contribution in [1.29, 1.82) is 0 Å². The van der Waals surface area contributed by atoms with Gasteiger partial charge in [-0.25, -0.2) is 5.43 Å². The number of amides is 2. The number of nitrogens with zero attached hydrogens (tertiary/aromatic N) is 1. The number of anilines is 1. The van der Waals surface area contributed by atoms with Crippen molar-refractivity contribution in [2.75, 3.05) is 5.32 Å². The second-order valence-corrected chi connectivity index (χ2v) is 5.64. The van der Waals surface area contributed by atoms with Crippen LogP contribution in [0.4, 0.5) is 5.69 Å². The average Bonchev–Trinajstić information content (AvgIpc) is 2.57. The number of halogens is 1. The van der Waals surface area contributed by atoms with Crippen molar-refractivity contribution < 1.29 is 9.59 Å². The van der Waals surface area contributed by atoms with Gasteiger partial charge in [0, 0.05) is 10.7 Å². The molecule has 0 aliphatic heterocycles. The summed E-state index contributed by atoms with van der Waals surface area (Å²) in [6.45, 7) is 0. The number of carbonyl (C=O) groups excluding carboxylic acids is 2. The molecule has 2 N–H and O–H groups in total. The number of rotatable bonds is 6. The van der Waals surface area contributed by atoms with Crippen LogP contribution >= 0.6 is 15.9 Å². The van der Waals surface area contributed by atoms with E-state index >= 15 is 0 Å². The first-order valence-corrected chi connectivity index (χ1v) is 8.02. The molecular weight excluding hydrogens is 370 g/mol. The van der Waals surface area contributed by atoms with Crippen LogP contribution in [0.5, 0.6) is 0 Å². The Hall–Kier alpha value is -2.73. The molecule has 0 aliphatic rings. The molecule has 0 bridgehead atoms. The lowest BCUT2D eigenvalue weighted by molar-refractivity contribution is -0.126. The van der Waals surface area contributed by atoms with E-state index in [2.05, 4.69) is 31.8 Å². The maximum atomic E-state index is 11.8. The van der Waals surface area contributed by atoms with Gasteiger partial charge in [0.1, 0.15) is 6.42 Å². The van der Waals surface area contributed by atoms with E-state index in [0.29, 0.717) is 5.69 Å². The third-order valence-corrected chi connectivity index (χ3v) is 3.60. The first kappa shape index (κ1) is 17.6. The lowest BCUT2D eigenvalue weighted by Gasteiger charge is -2.06. The van der Waals surface area contributed by atoms with Gasteiger partial charge in [0.15, 0.2) is 0 Å². The van der Waals surface area contributed by atoms with E-state index in [-0.39, 0.29) is 6.42 Å². The monoisotopic (exact) mass is 385 g/mol. The van der Waals surface area contributed by atoms with Gasteiger partial charge in [0.2, 0.25) is 11.8 Å². The summed E-state index contributed by atoms with van der Waals surface area (Å²) in [5.74, 6) is -0.890. The van der Waals surface area contributed by atoms with Crippen LogP contribution in [0.2, 0.25) is 0 Å². The lowest BCUT2D eigenvalue weighted by atomic mass is 10.2. The molecular formula is C18H16BrN3O2. The van der Waals surface area contributed by atoms with Gasteiger partial charge in [-0.2, -0.15) is 5.10 Å². The van der Waals surface area contributed by atoms with E-state index in [1.807, 2.05) is 42.5 Å². The summed E-state index contributed by atoms with van der Waals surface area (Å²) in [4.78, 5) is 23.4. The minimum Gasteiger partial charge on any atom is -0.325 e. The average molecular weight is 386 g/mol. The molecule has 0 aliphatic carbocycles. The highest BCUT2D eigenvalue weighted by Gasteiger charge is 2.09. The highest BCUT2D eigenvalue weighted by molar-refractivity contribution is 9.10. The Kier molecular flexibility index (Phi) is 6.91. The third-order valence-electron chi connectivity index (χ3n) is 2.91. The standard InChI is InChI=1S/C18H16BrN3O2/c19-15-10-4-5-11-16(15)21-17(23)13-18(24)22-20-12-6-9-14-7-2-1-3-8-14/h1-12H,13H2,(H,21,23)(H,22,24). The summed E-state index contributed by atoms with van der Waals surface area (Å²) in [6, 6.07) is 16.9. The molecule has 0 fully saturated rings. The summed E-state index contributed by atoms with van der Waals surface area (Å²) < 4.78 is 0.753. The van der Waals surface area contributed by atoms with Crippen LogP contribution < -0.4 is 10.7 Å². The number of para-hydroxylation sites is 1. The summed E-state index contributed by atoms with van der Waals surface area (Å²) in [5.41, 5.74) is 3.95. The van der Waals surface area contributed by atoms with Crippen molar-refractivity contribution in [3.05, 3.63) is 70.7 Å². The van der Waals surface area contributed by atoms with Gasteiger partial charge < -0.3 is 5.32 Å². The molecule has 122 valence electrons. The van der Waals surface area contributed by atoms with Gasteiger partial charge in [-0.3, -0.25) is 9.59 Å². The second-order valence-electron chi connectivity index (χ2n) is 4.79. The largest absolute Gasteiger partial charge is 0.325 e. The Morgan fingerprint density at radius 2 is 1.71 bits per heavy atom. The van der Waals surface area contributed by atoms with Crippen LogP contribution in [-0.4, -0.2) is 18.0 Å². The zero-order chi connectivity index (χ0) is 17.2. The summed E-state index contributed by atoms with van der Waals surface area (Å²) in [5, 5.41) is 6.42.